The van der Waals surface area contributed by atoms with E-state index in [1.165, 1.54) is 0 Å². The summed E-state index contributed by atoms with van der Waals surface area (Å²) in [5.41, 5.74) is 8.94. The van der Waals surface area contributed by atoms with Crippen LogP contribution < -0.4 is 21.7 Å². The van der Waals surface area contributed by atoms with Gasteiger partial charge in [-0.1, -0.05) is 49.4 Å². The Morgan fingerprint density at radius 1 is 1.07 bits per heavy atom. The highest BCUT2D eigenvalue weighted by molar-refractivity contribution is 5.92. The van der Waals surface area contributed by atoms with E-state index < -0.39 is 12.1 Å². The van der Waals surface area contributed by atoms with Crippen molar-refractivity contribution < 1.29 is 9.59 Å². The summed E-state index contributed by atoms with van der Waals surface area (Å²) in [4.78, 5) is 24.0. The average molecular weight is 391 g/mol. The first-order valence-corrected chi connectivity index (χ1v) is 8.71. The predicted molar refractivity (Wildman–Crippen MR) is 111 cm³/mol. The van der Waals surface area contributed by atoms with E-state index in [4.69, 9.17) is 5.73 Å². The fourth-order valence-electron chi connectivity index (χ4n) is 2.83. The molecule has 27 heavy (non-hydrogen) atoms. The zero-order valence-electron chi connectivity index (χ0n) is 15.6. The summed E-state index contributed by atoms with van der Waals surface area (Å²) < 4.78 is 0. The topological polar surface area (TPSA) is 96.2 Å². The highest BCUT2D eigenvalue weighted by atomic mass is 35.5. The molecule has 0 aliphatic heterocycles. The Morgan fingerprint density at radius 3 is 2.41 bits per heavy atom. The second-order valence-corrected chi connectivity index (χ2v) is 6.11. The third kappa shape index (κ3) is 6.92. The van der Waals surface area contributed by atoms with Gasteiger partial charge in [-0.25, -0.2) is 4.79 Å². The number of aryl methyl sites for hydroxylation is 1. The Kier molecular flexibility index (Phi) is 9.33. The lowest BCUT2D eigenvalue weighted by atomic mass is 9.98. The lowest BCUT2D eigenvalue weighted by Gasteiger charge is -2.20. The van der Waals surface area contributed by atoms with Crippen LogP contribution in [0.4, 0.5) is 10.5 Å². The molecule has 0 aliphatic carbocycles. The number of amides is 3. The van der Waals surface area contributed by atoms with Crippen molar-refractivity contribution in [1.82, 2.24) is 10.6 Å². The zero-order chi connectivity index (χ0) is 18.9. The van der Waals surface area contributed by atoms with Gasteiger partial charge in [0.15, 0.2) is 0 Å². The minimum atomic E-state index is -0.654. The predicted octanol–water partition coefficient (Wildman–Crippen LogP) is 3.26. The van der Waals surface area contributed by atoms with Crippen LogP contribution in [0.2, 0.25) is 0 Å². The second kappa shape index (κ2) is 11.2. The molecule has 1 atom stereocenters. The summed E-state index contributed by atoms with van der Waals surface area (Å²) >= 11 is 0. The monoisotopic (exact) mass is 390 g/mol. The van der Waals surface area contributed by atoms with E-state index in [1.807, 2.05) is 62.4 Å². The van der Waals surface area contributed by atoms with Crippen LogP contribution in [-0.4, -0.2) is 18.5 Å². The molecule has 0 aromatic heterocycles. The van der Waals surface area contributed by atoms with E-state index in [9.17, 15) is 9.59 Å². The van der Waals surface area contributed by atoms with Gasteiger partial charge < -0.3 is 21.7 Å². The van der Waals surface area contributed by atoms with Gasteiger partial charge in [-0.2, -0.15) is 0 Å². The number of urea groups is 1. The summed E-state index contributed by atoms with van der Waals surface area (Å²) in [6.07, 6.45) is 0.101. The number of hydrogen-bond acceptors (Lipinski definition) is 3. The summed E-state index contributed by atoms with van der Waals surface area (Å²) in [6, 6.07) is 14.1. The molecule has 5 N–H and O–H groups in total. The Balaban J connectivity index is 0.00000364. The molecule has 146 valence electrons. The van der Waals surface area contributed by atoms with Crippen molar-refractivity contribution in [3.63, 3.8) is 0 Å². The minimum absolute atomic E-state index is 0. The molecule has 0 saturated carbocycles. The zero-order valence-corrected chi connectivity index (χ0v) is 16.4. The lowest BCUT2D eigenvalue weighted by molar-refractivity contribution is -0.116. The first-order chi connectivity index (χ1) is 12.5. The fourth-order valence-corrected chi connectivity index (χ4v) is 2.83. The summed E-state index contributed by atoms with van der Waals surface area (Å²) in [5, 5.41) is 8.86. The van der Waals surface area contributed by atoms with E-state index in [-0.39, 0.29) is 24.7 Å². The van der Waals surface area contributed by atoms with Gasteiger partial charge in [0.25, 0.3) is 0 Å². The largest absolute Gasteiger partial charge is 0.352 e. The van der Waals surface area contributed by atoms with Crippen LogP contribution in [0.15, 0.2) is 48.5 Å². The quantitative estimate of drug-likeness (QED) is 0.557. The second-order valence-electron chi connectivity index (χ2n) is 6.11. The maximum absolute atomic E-state index is 12.6. The van der Waals surface area contributed by atoms with E-state index >= 15 is 0 Å². The number of rotatable bonds is 8. The van der Waals surface area contributed by atoms with Crippen molar-refractivity contribution in [2.45, 2.75) is 32.9 Å². The average Bonchev–Trinajstić information content (AvgIpc) is 2.60. The normalized spacial score (nSPS) is 11.2. The third-order valence-electron chi connectivity index (χ3n) is 4.13. The molecule has 2 rings (SSSR count). The summed E-state index contributed by atoms with van der Waals surface area (Å²) in [7, 11) is 0. The van der Waals surface area contributed by atoms with E-state index in [0.717, 1.165) is 28.9 Å². The van der Waals surface area contributed by atoms with Gasteiger partial charge in [0, 0.05) is 12.2 Å². The number of carbonyl (C=O) groups excluding carboxylic acids is 2. The van der Waals surface area contributed by atoms with Gasteiger partial charge in [-0.05, 0) is 36.2 Å². The number of primary amides is 1. The Bertz CT molecular complexity index is 767. The maximum atomic E-state index is 12.6. The van der Waals surface area contributed by atoms with Crippen LogP contribution in [0.25, 0.3) is 0 Å². The van der Waals surface area contributed by atoms with Gasteiger partial charge in [-0.3, -0.25) is 4.79 Å². The number of nitrogens with one attached hydrogen (secondary N) is 3. The van der Waals surface area contributed by atoms with E-state index in [2.05, 4.69) is 16.0 Å². The van der Waals surface area contributed by atoms with Gasteiger partial charge in [0.05, 0.1) is 12.5 Å². The number of benzene rings is 2. The van der Waals surface area contributed by atoms with Crippen LogP contribution in [0.3, 0.4) is 0 Å². The number of hydrogen-bond donors (Lipinski definition) is 4. The standard InChI is InChI=1S/C20H26N4O2.ClH/c1-3-22-13-15-9-5-7-11-17(15)23-19(25)12-18(24-20(21)26)16-10-6-4-8-14(16)2;/h4-11,18,22H,3,12-13H2,1-2H3,(H,23,25)(H3,21,24,26);1H. The van der Waals surface area contributed by atoms with Crippen molar-refractivity contribution in [3.05, 3.63) is 65.2 Å². The van der Waals surface area contributed by atoms with Crippen molar-refractivity contribution in [2.75, 3.05) is 11.9 Å². The molecule has 6 nitrogen and oxygen atoms in total. The lowest BCUT2D eigenvalue weighted by Crippen LogP contribution is -2.35. The molecule has 0 bridgehead atoms. The first kappa shape index (κ1) is 22.5. The van der Waals surface area contributed by atoms with Crippen LogP contribution >= 0.6 is 12.4 Å². The number of para-hydroxylation sites is 1. The molecule has 0 radical (unpaired) electrons. The highest BCUT2D eigenvalue weighted by Crippen LogP contribution is 2.22. The Hall–Kier alpha value is -2.57. The Labute approximate surface area is 166 Å². The number of halogens is 1. The molecule has 0 spiro atoms. The molecule has 0 heterocycles. The molecular weight excluding hydrogens is 364 g/mol. The third-order valence-corrected chi connectivity index (χ3v) is 4.13. The minimum Gasteiger partial charge on any atom is -0.352 e. The van der Waals surface area contributed by atoms with Crippen molar-refractivity contribution >= 4 is 30.0 Å². The molecule has 0 aliphatic rings. The van der Waals surface area contributed by atoms with Gasteiger partial charge in [0.1, 0.15) is 0 Å². The molecule has 2 aromatic rings. The van der Waals surface area contributed by atoms with E-state index in [0.29, 0.717) is 6.54 Å². The number of anilines is 1. The van der Waals surface area contributed by atoms with Crippen LogP contribution in [0.1, 0.15) is 36.1 Å². The highest BCUT2D eigenvalue weighted by Gasteiger charge is 2.19. The molecule has 1 unspecified atom stereocenters. The van der Waals surface area contributed by atoms with Crippen molar-refractivity contribution in [3.8, 4) is 0 Å². The number of carbonyl (C=O) groups is 2. The van der Waals surface area contributed by atoms with E-state index in [1.54, 1.807) is 0 Å². The summed E-state index contributed by atoms with van der Waals surface area (Å²) in [5.74, 6) is -0.184. The molecule has 2 aromatic carbocycles. The van der Waals surface area contributed by atoms with Gasteiger partial charge >= 0.3 is 6.03 Å². The fraction of sp³-hybridized carbons (Fsp3) is 0.300. The first-order valence-electron chi connectivity index (χ1n) is 8.71. The molecule has 0 saturated heterocycles. The Morgan fingerprint density at radius 2 is 1.74 bits per heavy atom. The maximum Gasteiger partial charge on any atom is 0.312 e. The smallest absolute Gasteiger partial charge is 0.312 e. The molecular formula is C20H27ClN4O2. The van der Waals surface area contributed by atoms with Crippen molar-refractivity contribution in [2.24, 2.45) is 5.73 Å². The molecule has 7 heteroatoms. The summed E-state index contributed by atoms with van der Waals surface area (Å²) in [6.45, 7) is 5.49. The van der Waals surface area contributed by atoms with Gasteiger partial charge in [-0.15, -0.1) is 12.4 Å². The number of nitrogens with two attached hydrogens (primary N) is 1. The van der Waals surface area contributed by atoms with Crippen LogP contribution in [0.5, 0.6) is 0 Å². The molecule has 0 fully saturated rings. The van der Waals surface area contributed by atoms with Crippen LogP contribution in [0, 0.1) is 6.92 Å². The van der Waals surface area contributed by atoms with Crippen molar-refractivity contribution in [1.29, 1.82) is 0 Å². The molecule has 3 amide bonds. The SMILES string of the molecule is CCNCc1ccccc1NC(=O)CC(NC(N)=O)c1ccccc1C.Cl. The van der Waals surface area contributed by atoms with Gasteiger partial charge in [0.2, 0.25) is 5.91 Å². The van der Waals surface area contributed by atoms with Crippen LogP contribution in [-0.2, 0) is 11.3 Å².